The summed E-state index contributed by atoms with van der Waals surface area (Å²) in [6, 6.07) is 6.25. The van der Waals surface area contributed by atoms with E-state index in [-0.39, 0.29) is 5.82 Å². The molecule has 0 unspecified atom stereocenters. The largest absolute Gasteiger partial charge is 0.396 e. The third-order valence-electron chi connectivity index (χ3n) is 2.86. The lowest BCUT2D eigenvalue weighted by atomic mass is 10.1. The normalized spacial score (nSPS) is 14.8. The van der Waals surface area contributed by atoms with Gasteiger partial charge in [0.2, 0.25) is 0 Å². The van der Waals surface area contributed by atoms with Crippen LogP contribution in [-0.2, 0) is 4.74 Å². The Morgan fingerprint density at radius 1 is 1.39 bits per heavy atom. The summed E-state index contributed by atoms with van der Waals surface area (Å²) < 4.78 is 20.2. The molecule has 1 aromatic carbocycles. The number of benzene rings is 1. The molecule has 0 saturated heterocycles. The van der Waals surface area contributed by atoms with Crippen molar-refractivity contribution in [3.63, 3.8) is 0 Å². The van der Waals surface area contributed by atoms with Crippen LogP contribution in [0.15, 0.2) is 36.5 Å². The van der Waals surface area contributed by atoms with Crippen molar-refractivity contribution < 1.29 is 9.13 Å². The maximum atomic E-state index is 13.3. The van der Waals surface area contributed by atoms with Gasteiger partial charge in [-0.2, -0.15) is 5.10 Å². The van der Waals surface area contributed by atoms with Crippen LogP contribution in [-0.4, -0.2) is 23.0 Å². The quantitative estimate of drug-likeness (QED) is 0.880. The number of aromatic nitrogens is 2. The summed E-state index contributed by atoms with van der Waals surface area (Å²) in [5, 5.41) is 4.20. The molecule has 3 rings (SSSR count). The molecule has 2 N–H and O–H groups in total. The zero-order valence-corrected chi connectivity index (χ0v) is 9.64. The summed E-state index contributed by atoms with van der Waals surface area (Å²) in [5.74, 6) is -0.302. The molecule has 0 radical (unpaired) electrons. The monoisotopic (exact) mass is 245 g/mol. The van der Waals surface area contributed by atoms with E-state index in [1.165, 1.54) is 12.1 Å². The average Bonchev–Trinajstić information content (AvgIpc) is 2.97. The van der Waals surface area contributed by atoms with Crippen molar-refractivity contribution in [1.29, 1.82) is 0 Å². The van der Waals surface area contributed by atoms with Crippen LogP contribution in [0.5, 0.6) is 0 Å². The molecule has 1 aromatic heterocycles. The maximum Gasteiger partial charge on any atom is 0.125 e. The predicted octanol–water partition coefficient (Wildman–Crippen LogP) is 2.01. The molecule has 0 bridgehead atoms. The maximum absolute atomic E-state index is 13.3. The van der Waals surface area contributed by atoms with Crippen molar-refractivity contribution in [3.8, 4) is 5.69 Å². The summed E-state index contributed by atoms with van der Waals surface area (Å²) in [6.45, 7) is 1.08. The highest BCUT2D eigenvalue weighted by atomic mass is 19.1. The SMILES string of the molecule is Nc1cnn(-c2cccc(F)c2)c1C1=CCOC1. The van der Waals surface area contributed by atoms with E-state index in [1.807, 2.05) is 6.08 Å². The van der Waals surface area contributed by atoms with Crippen LogP contribution in [0.4, 0.5) is 10.1 Å². The first kappa shape index (κ1) is 11.0. The number of nitrogens with two attached hydrogens (primary N) is 1. The Kier molecular flexibility index (Phi) is 2.60. The van der Waals surface area contributed by atoms with E-state index in [0.29, 0.717) is 24.6 Å². The molecular weight excluding hydrogens is 233 g/mol. The van der Waals surface area contributed by atoms with Crippen molar-refractivity contribution in [2.45, 2.75) is 0 Å². The lowest BCUT2D eigenvalue weighted by molar-refractivity contribution is 0.216. The minimum atomic E-state index is -0.302. The van der Waals surface area contributed by atoms with E-state index in [4.69, 9.17) is 10.5 Å². The van der Waals surface area contributed by atoms with Gasteiger partial charge in [-0.25, -0.2) is 9.07 Å². The molecule has 0 amide bonds. The van der Waals surface area contributed by atoms with Gasteiger partial charge in [-0.15, -0.1) is 0 Å². The van der Waals surface area contributed by atoms with Gasteiger partial charge in [0.05, 0.1) is 36.5 Å². The summed E-state index contributed by atoms with van der Waals surface area (Å²) in [5.41, 5.74) is 8.89. The molecule has 2 heterocycles. The standard InChI is InChI=1S/C13H12FN3O/c14-10-2-1-3-11(6-10)17-13(12(15)7-16-17)9-4-5-18-8-9/h1-4,6-7H,5,8,15H2. The second-order valence-electron chi connectivity index (χ2n) is 4.08. The molecule has 0 fully saturated rings. The van der Waals surface area contributed by atoms with Gasteiger partial charge in [-0.3, -0.25) is 0 Å². The van der Waals surface area contributed by atoms with E-state index < -0.39 is 0 Å². The molecule has 0 saturated carbocycles. The number of nitrogen functional groups attached to an aromatic ring is 1. The second-order valence-corrected chi connectivity index (χ2v) is 4.08. The molecular formula is C13H12FN3O. The van der Waals surface area contributed by atoms with Crippen molar-refractivity contribution in [3.05, 3.63) is 48.0 Å². The fraction of sp³-hybridized carbons (Fsp3) is 0.154. The van der Waals surface area contributed by atoms with Crippen molar-refractivity contribution in [1.82, 2.24) is 9.78 Å². The molecule has 1 aliphatic heterocycles. The first-order valence-corrected chi connectivity index (χ1v) is 5.62. The Morgan fingerprint density at radius 3 is 3.00 bits per heavy atom. The minimum absolute atomic E-state index is 0.302. The van der Waals surface area contributed by atoms with Crippen LogP contribution in [0.25, 0.3) is 11.3 Å². The number of hydrogen-bond donors (Lipinski definition) is 1. The van der Waals surface area contributed by atoms with Crippen LogP contribution in [0.2, 0.25) is 0 Å². The Hall–Kier alpha value is -2.14. The number of ether oxygens (including phenoxy) is 1. The lowest BCUT2D eigenvalue weighted by Crippen LogP contribution is -2.04. The second kappa shape index (κ2) is 4.27. The highest BCUT2D eigenvalue weighted by Gasteiger charge is 2.17. The van der Waals surface area contributed by atoms with Gasteiger partial charge in [-0.05, 0) is 18.2 Å². The van der Waals surface area contributed by atoms with Gasteiger partial charge in [0, 0.05) is 5.57 Å². The molecule has 0 atom stereocenters. The van der Waals surface area contributed by atoms with Gasteiger partial charge < -0.3 is 10.5 Å². The van der Waals surface area contributed by atoms with Crippen LogP contribution >= 0.6 is 0 Å². The van der Waals surface area contributed by atoms with Gasteiger partial charge in [0.25, 0.3) is 0 Å². The van der Waals surface area contributed by atoms with Crippen molar-refractivity contribution in [2.24, 2.45) is 0 Å². The Morgan fingerprint density at radius 2 is 2.28 bits per heavy atom. The fourth-order valence-corrected chi connectivity index (χ4v) is 2.04. The highest BCUT2D eigenvalue weighted by molar-refractivity contribution is 5.75. The molecule has 18 heavy (non-hydrogen) atoms. The zero-order valence-electron chi connectivity index (χ0n) is 9.64. The summed E-state index contributed by atoms with van der Waals surface area (Å²) in [7, 11) is 0. The number of hydrogen-bond acceptors (Lipinski definition) is 3. The van der Waals surface area contributed by atoms with Crippen molar-refractivity contribution in [2.75, 3.05) is 18.9 Å². The smallest absolute Gasteiger partial charge is 0.125 e. The van der Waals surface area contributed by atoms with Crippen LogP contribution < -0.4 is 5.73 Å². The van der Waals surface area contributed by atoms with E-state index in [2.05, 4.69) is 5.10 Å². The fourth-order valence-electron chi connectivity index (χ4n) is 2.04. The van der Waals surface area contributed by atoms with E-state index in [1.54, 1.807) is 23.0 Å². The van der Waals surface area contributed by atoms with E-state index in [0.717, 1.165) is 11.3 Å². The number of rotatable bonds is 2. The summed E-state index contributed by atoms with van der Waals surface area (Å²) in [6.07, 6.45) is 3.53. The first-order valence-electron chi connectivity index (χ1n) is 5.62. The van der Waals surface area contributed by atoms with E-state index in [9.17, 15) is 4.39 Å². The number of halogens is 1. The third kappa shape index (κ3) is 1.78. The number of nitrogens with zero attached hydrogens (tertiary/aromatic N) is 2. The summed E-state index contributed by atoms with van der Waals surface area (Å²) >= 11 is 0. The van der Waals surface area contributed by atoms with Crippen LogP contribution in [0, 0.1) is 5.82 Å². The van der Waals surface area contributed by atoms with Gasteiger partial charge in [-0.1, -0.05) is 12.1 Å². The van der Waals surface area contributed by atoms with Gasteiger partial charge >= 0.3 is 0 Å². The third-order valence-corrected chi connectivity index (χ3v) is 2.86. The molecule has 1 aliphatic rings. The zero-order chi connectivity index (χ0) is 12.5. The highest BCUT2D eigenvalue weighted by Crippen LogP contribution is 2.27. The molecule has 4 nitrogen and oxygen atoms in total. The van der Waals surface area contributed by atoms with E-state index >= 15 is 0 Å². The van der Waals surface area contributed by atoms with Crippen LogP contribution in [0.1, 0.15) is 5.69 Å². The molecule has 0 aliphatic carbocycles. The van der Waals surface area contributed by atoms with Crippen molar-refractivity contribution >= 4 is 11.3 Å². The predicted molar refractivity (Wildman–Crippen MR) is 66.7 cm³/mol. The first-order chi connectivity index (χ1) is 8.75. The van der Waals surface area contributed by atoms with Gasteiger partial charge in [0.15, 0.2) is 0 Å². The molecule has 92 valence electrons. The summed E-state index contributed by atoms with van der Waals surface area (Å²) in [4.78, 5) is 0. The Labute approximate surface area is 103 Å². The average molecular weight is 245 g/mol. The minimum Gasteiger partial charge on any atom is -0.396 e. The molecule has 2 aromatic rings. The lowest BCUT2D eigenvalue weighted by Gasteiger charge is -2.08. The molecule has 0 spiro atoms. The van der Waals surface area contributed by atoms with Gasteiger partial charge in [0.1, 0.15) is 5.82 Å². The Balaban J connectivity index is 2.13. The van der Waals surface area contributed by atoms with Crippen LogP contribution in [0.3, 0.4) is 0 Å². The topological polar surface area (TPSA) is 53.1 Å². The Bertz CT molecular complexity index is 618. The molecule has 5 heteroatoms. The number of anilines is 1.